The van der Waals surface area contributed by atoms with Crippen molar-refractivity contribution < 1.29 is 24.2 Å². The topological polar surface area (TPSA) is 90.4 Å². The van der Waals surface area contributed by atoms with Crippen molar-refractivity contribution in [3.63, 3.8) is 0 Å². The number of rotatable bonds is 11. The SMILES string of the molecule is C=CCN(Cc1ccccc1)C(=O)[C@H]1[C@H]2C(=O)N([C@H](C)CO)C(C(=O)N(CC=C)c3ccc(Cl)cc3)C23CC(Br)[C@@H]1O3. The minimum atomic E-state index is -1.25. The first-order valence-electron chi connectivity index (χ1n) is 14.0. The van der Waals surface area contributed by atoms with Gasteiger partial charge in [-0.25, -0.2) is 0 Å². The number of nitrogens with zero attached hydrogens (tertiary/aromatic N) is 3. The van der Waals surface area contributed by atoms with Crippen LogP contribution in [0, 0.1) is 11.8 Å². The van der Waals surface area contributed by atoms with Crippen molar-refractivity contribution >= 4 is 50.9 Å². The van der Waals surface area contributed by atoms with E-state index in [0.29, 0.717) is 30.2 Å². The van der Waals surface area contributed by atoms with Crippen LogP contribution in [0.25, 0.3) is 0 Å². The summed E-state index contributed by atoms with van der Waals surface area (Å²) in [7, 11) is 0. The molecular formula is C32H35BrClN3O5. The maximum Gasteiger partial charge on any atom is 0.253 e. The Balaban J connectivity index is 1.56. The van der Waals surface area contributed by atoms with Gasteiger partial charge in [-0.05, 0) is 43.2 Å². The van der Waals surface area contributed by atoms with Crippen molar-refractivity contribution in [1.29, 1.82) is 0 Å². The third-order valence-electron chi connectivity index (χ3n) is 8.58. The van der Waals surface area contributed by atoms with Crippen LogP contribution in [0.2, 0.25) is 5.02 Å². The standard InChI is InChI=1S/C32H35BrClN3O5/c1-4-15-35(18-21-9-7-6-8-10-21)29(39)25-26-30(40)37(20(3)19-38)28(32(26)17-24(33)27(25)42-32)31(41)36(16-5-2)23-13-11-22(34)12-14-23/h4-14,20,24-28,38H,1-2,15-19H2,3H3/t20-,24?,25+,26+,27+,28?,32?/m1/s1. The van der Waals surface area contributed by atoms with E-state index in [1.807, 2.05) is 30.3 Å². The fraction of sp³-hybridized carbons (Fsp3) is 0.406. The van der Waals surface area contributed by atoms with Gasteiger partial charge in [-0.1, -0.05) is 70.0 Å². The first-order chi connectivity index (χ1) is 20.2. The zero-order chi connectivity index (χ0) is 30.2. The van der Waals surface area contributed by atoms with Gasteiger partial charge < -0.3 is 24.5 Å². The molecule has 3 aliphatic rings. The molecule has 3 unspecified atom stereocenters. The summed E-state index contributed by atoms with van der Waals surface area (Å²) in [5.74, 6) is -2.64. The van der Waals surface area contributed by atoms with Crippen molar-refractivity contribution in [2.24, 2.45) is 11.8 Å². The lowest BCUT2D eigenvalue weighted by molar-refractivity contribution is -0.147. The highest BCUT2D eigenvalue weighted by Gasteiger charge is 2.77. The van der Waals surface area contributed by atoms with Crippen LogP contribution < -0.4 is 4.90 Å². The van der Waals surface area contributed by atoms with E-state index in [1.165, 1.54) is 4.90 Å². The summed E-state index contributed by atoms with van der Waals surface area (Å²) in [5, 5.41) is 10.7. The van der Waals surface area contributed by atoms with E-state index < -0.39 is 35.6 Å². The number of aliphatic hydroxyl groups is 1. The number of alkyl halides is 1. The number of benzene rings is 2. The quantitative estimate of drug-likeness (QED) is 0.289. The third-order valence-corrected chi connectivity index (χ3v) is 9.68. The van der Waals surface area contributed by atoms with Crippen LogP contribution in [0.1, 0.15) is 18.9 Å². The Morgan fingerprint density at radius 3 is 2.43 bits per heavy atom. The molecular weight excluding hydrogens is 622 g/mol. The fourth-order valence-corrected chi connectivity index (χ4v) is 7.88. The van der Waals surface area contributed by atoms with Gasteiger partial charge in [0.2, 0.25) is 11.8 Å². The molecule has 3 fully saturated rings. The molecule has 2 aromatic carbocycles. The monoisotopic (exact) mass is 655 g/mol. The number of aliphatic hydroxyl groups excluding tert-OH is 1. The van der Waals surface area contributed by atoms with Gasteiger partial charge in [0.05, 0.1) is 30.6 Å². The molecule has 222 valence electrons. The number of ether oxygens (including phenoxy) is 1. The molecule has 2 aromatic rings. The van der Waals surface area contributed by atoms with Crippen LogP contribution in [-0.4, -0.2) is 80.9 Å². The zero-order valence-electron chi connectivity index (χ0n) is 23.4. The molecule has 3 aliphatic heterocycles. The van der Waals surface area contributed by atoms with Crippen LogP contribution in [0.4, 0.5) is 5.69 Å². The van der Waals surface area contributed by atoms with Gasteiger partial charge >= 0.3 is 0 Å². The normalized spacial score (nSPS) is 28.3. The highest BCUT2D eigenvalue weighted by molar-refractivity contribution is 9.09. The van der Waals surface area contributed by atoms with Crippen molar-refractivity contribution in [1.82, 2.24) is 9.80 Å². The van der Waals surface area contributed by atoms with Crippen LogP contribution >= 0.6 is 27.5 Å². The Kier molecular flexibility index (Phi) is 8.94. The smallest absolute Gasteiger partial charge is 0.253 e. The molecule has 3 heterocycles. The Morgan fingerprint density at radius 1 is 1.14 bits per heavy atom. The number of likely N-dealkylation sites (tertiary alicyclic amines) is 1. The van der Waals surface area contributed by atoms with E-state index in [1.54, 1.807) is 53.1 Å². The summed E-state index contributed by atoms with van der Waals surface area (Å²) in [5.41, 5.74) is 0.282. The van der Waals surface area contributed by atoms with E-state index in [9.17, 15) is 19.5 Å². The molecule has 0 radical (unpaired) electrons. The van der Waals surface area contributed by atoms with Gasteiger partial charge in [-0.2, -0.15) is 0 Å². The predicted octanol–water partition coefficient (Wildman–Crippen LogP) is 4.20. The van der Waals surface area contributed by atoms with Crippen LogP contribution in [-0.2, 0) is 25.7 Å². The molecule has 5 rings (SSSR count). The molecule has 3 saturated heterocycles. The van der Waals surface area contributed by atoms with Gasteiger partial charge in [0, 0.05) is 35.2 Å². The number of carbonyl (C=O) groups is 3. The second-order valence-corrected chi connectivity index (χ2v) is 12.8. The number of fused-ring (bicyclic) bond motifs is 1. The van der Waals surface area contributed by atoms with Crippen LogP contribution in [0.15, 0.2) is 79.9 Å². The Labute approximate surface area is 259 Å². The maximum absolute atomic E-state index is 14.5. The van der Waals surface area contributed by atoms with Crippen LogP contribution in [0.5, 0.6) is 0 Å². The number of carbonyl (C=O) groups excluding carboxylic acids is 3. The summed E-state index contributed by atoms with van der Waals surface area (Å²) >= 11 is 9.85. The zero-order valence-corrected chi connectivity index (χ0v) is 25.8. The second kappa shape index (κ2) is 12.3. The van der Waals surface area contributed by atoms with Crippen molar-refractivity contribution in [3.8, 4) is 0 Å². The van der Waals surface area contributed by atoms with Crippen LogP contribution in [0.3, 0.4) is 0 Å². The molecule has 0 saturated carbocycles. The minimum Gasteiger partial charge on any atom is -0.394 e. The van der Waals surface area contributed by atoms with E-state index in [2.05, 4.69) is 29.1 Å². The van der Waals surface area contributed by atoms with Gasteiger partial charge in [0.15, 0.2) is 0 Å². The summed E-state index contributed by atoms with van der Waals surface area (Å²) in [6.07, 6.45) is 3.05. The van der Waals surface area contributed by atoms with E-state index in [4.69, 9.17) is 16.3 Å². The largest absolute Gasteiger partial charge is 0.394 e. The lowest BCUT2D eigenvalue weighted by Crippen LogP contribution is -2.59. The number of halogens is 2. The van der Waals surface area contributed by atoms with Gasteiger partial charge in [-0.15, -0.1) is 13.2 Å². The highest BCUT2D eigenvalue weighted by atomic mass is 79.9. The van der Waals surface area contributed by atoms with Crippen molar-refractivity contribution in [2.75, 3.05) is 24.6 Å². The number of hydrogen-bond donors (Lipinski definition) is 1. The van der Waals surface area contributed by atoms with E-state index >= 15 is 0 Å². The second-order valence-electron chi connectivity index (χ2n) is 11.1. The Hall–Kier alpha value is -2.98. The predicted molar refractivity (Wildman–Crippen MR) is 165 cm³/mol. The molecule has 42 heavy (non-hydrogen) atoms. The molecule has 7 atom stereocenters. The molecule has 1 spiro atoms. The maximum atomic E-state index is 14.5. The first-order valence-corrected chi connectivity index (χ1v) is 15.3. The first kappa shape index (κ1) is 30.5. The average molecular weight is 657 g/mol. The van der Waals surface area contributed by atoms with Gasteiger partial charge in [-0.3, -0.25) is 14.4 Å². The highest BCUT2D eigenvalue weighted by Crippen LogP contribution is 2.61. The number of anilines is 1. The minimum absolute atomic E-state index is 0.182. The van der Waals surface area contributed by atoms with Crippen molar-refractivity contribution in [3.05, 3.63) is 90.5 Å². The summed E-state index contributed by atoms with van der Waals surface area (Å²) < 4.78 is 6.66. The summed E-state index contributed by atoms with van der Waals surface area (Å²) in [4.78, 5) is 47.6. The lowest BCUT2D eigenvalue weighted by Gasteiger charge is -2.38. The number of hydrogen-bond acceptors (Lipinski definition) is 5. The fourth-order valence-electron chi connectivity index (χ4n) is 6.81. The van der Waals surface area contributed by atoms with Gasteiger partial charge in [0.25, 0.3) is 5.91 Å². The lowest BCUT2D eigenvalue weighted by atomic mass is 9.70. The molecule has 10 heteroatoms. The average Bonchev–Trinajstić information content (AvgIpc) is 3.59. The van der Waals surface area contributed by atoms with Gasteiger partial charge in [0.1, 0.15) is 11.6 Å². The summed E-state index contributed by atoms with van der Waals surface area (Å²) in [6, 6.07) is 14.7. The molecule has 3 amide bonds. The van der Waals surface area contributed by atoms with E-state index in [0.717, 1.165) is 5.56 Å². The molecule has 8 nitrogen and oxygen atoms in total. The Bertz CT molecular complexity index is 1360. The van der Waals surface area contributed by atoms with Crippen molar-refractivity contribution in [2.45, 2.75) is 48.5 Å². The molecule has 1 N–H and O–H groups in total. The third kappa shape index (κ3) is 5.10. The Morgan fingerprint density at radius 2 is 1.81 bits per heavy atom. The molecule has 0 aliphatic carbocycles. The number of amides is 3. The molecule has 2 bridgehead atoms. The summed E-state index contributed by atoms with van der Waals surface area (Å²) in [6.45, 7) is 9.84. The molecule has 0 aromatic heterocycles. The van der Waals surface area contributed by atoms with E-state index in [-0.39, 0.29) is 35.7 Å².